The molecule has 0 heterocycles. The molecule has 0 saturated carbocycles. The molecule has 2 aromatic carbocycles. The standard InChI is InChI=1S/C39H52O8/c1-7-9-11-13-17-29(46-38(42)26(3)4)24-44-35-31-19-15-16-20-32(31)36(34-23-28(37(40)41)21-22-33(34)35)45-25-30(18-14-12-10-8-2)47-39(43)27(5)6/h15-16,19-21,29-30H,3,5,7-14,17-18,22-25H2,1-2,4,6H3,(H,40,41). The first-order valence-electron chi connectivity index (χ1n) is 17.0. The highest BCUT2D eigenvalue weighted by atomic mass is 16.6. The van der Waals surface area contributed by atoms with E-state index in [0.717, 1.165) is 73.3 Å². The minimum atomic E-state index is -0.986. The van der Waals surface area contributed by atoms with Crippen molar-refractivity contribution >= 4 is 28.7 Å². The van der Waals surface area contributed by atoms with E-state index >= 15 is 0 Å². The van der Waals surface area contributed by atoms with Gasteiger partial charge in [-0.2, -0.15) is 0 Å². The molecule has 0 bridgehead atoms. The highest BCUT2D eigenvalue weighted by Gasteiger charge is 2.28. The lowest BCUT2D eigenvalue weighted by atomic mass is 9.87. The number of carboxylic acid groups (broad SMARTS) is 1. The van der Waals surface area contributed by atoms with Crippen LogP contribution in [-0.2, 0) is 36.7 Å². The fourth-order valence-electron chi connectivity index (χ4n) is 5.67. The Hall–Kier alpha value is -4.07. The molecule has 0 aromatic heterocycles. The average Bonchev–Trinajstić information content (AvgIpc) is 3.05. The van der Waals surface area contributed by atoms with Gasteiger partial charge < -0.3 is 24.1 Å². The number of carboxylic acids is 1. The third-order valence-electron chi connectivity index (χ3n) is 8.35. The molecule has 1 N–H and O–H groups in total. The maximum Gasteiger partial charge on any atom is 0.333 e. The molecule has 0 radical (unpaired) electrons. The lowest BCUT2D eigenvalue weighted by Crippen LogP contribution is -2.27. The van der Waals surface area contributed by atoms with Crippen molar-refractivity contribution in [2.75, 3.05) is 13.2 Å². The quantitative estimate of drug-likeness (QED) is 0.0814. The van der Waals surface area contributed by atoms with E-state index in [1.54, 1.807) is 19.9 Å². The van der Waals surface area contributed by atoms with E-state index < -0.39 is 30.1 Å². The van der Waals surface area contributed by atoms with Gasteiger partial charge in [0.15, 0.2) is 0 Å². The van der Waals surface area contributed by atoms with Crippen LogP contribution < -0.4 is 9.47 Å². The minimum absolute atomic E-state index is 0.116. The predicted octanol–water partition coefficient (Wildman–Crippen LogP) is 8.62. The summed E-state index contributed by atoms with van der Waals surface area (Å²) in [5.74, 6) is -0.712. The third-order valence-corrected chi connectivity index (χ3v) is 8.35. The molecule has 8 nitrogen and oxygen atoms in total. The van der Waals surface area contributed by atoms with Crippen LogP contribution in [0.4, 0.5) is 0 Å². The highest BCUT2D eigenvalue weighted by molar-refractivity contribution is 5.98. The van der Waals surface area contributed by atoms with Crippen molar-refractivity contribution in [3.8, 4) is 11.5 Å². The van der Waals surface area contributed by atoms with Crippen LogP contribution in [0.5, 0.6) is 11.5 Å². The van der Waals surface area contributed by atoms with Gasteiger partial charge in [0.2, 0.25) is 0 Å². The zero-order chi connectivity index (χ0) is 34.3. The molecule has 1 aliphatic carbocycles. The minimum Gasteiger partial charge on any atom is -0.489 e. The number of fused-ring (bicyclic) bond motifs is 2. The van der Waals surface area contributed by atoms with E-state index in [1.165, 1.54) is 0 Å². The fraction of sp³-hybridized carbons (Fsp3) is 0.513. The van der Waals surface area contributed by atoms with E-state index in [2.05, 4.69) is 27.0 Å². The van der Waals surface area contributed by atoms with Gasteiger partial charge in [0.05, 0.1) is 0 Å². The maximum atomic E-state index is 12.5. The van der Waals surface area contributed by atoms with Gasteiger partial charge >= 0.3 is 17.9 Å². The second kappa shape index (κ2) is 18.9. The molecule has 3 rings (SSSR count). The molecule has 8 heteroatoms. The summed E-state index contributed by atoms with van der Waals surface area (Å²) < 4.78 is 24.6. The number of hydrogen-bond donors (Lipinski definition) is 1. The zero-order valence-electron chi connectivity index (χ0n) is 28.7. The number of aliphatic carboxylic acids is 1. The Morgan fingerprint density at radius 1 is 0.745 bits per heavy atom. The zero-order valence-corrected chi connectivity index (χ0v) is 28.7. The van der Waals surface area contributed by atoms with Crippen molar-refractivity contribution in [2.45, 2.75) is 117 Å². The van der Waals surface area contributed by atoms with Crippen LogP contribution in [0.15, 0.2) is 60.2 Å². The average molecular weight is 649 g/mol. The molecule has 0 spiro atoms. The monoisotopic (exact) mass is 648 g/mol. The molecular formula is C39H52O8. The number of benzene rings is 2. The SMILES string of the molecule is C=C(C)C(=O)OC(CCCCCC)COc1c2c(c(OCC(CCCCCC)OC(=O)C(=C)C)c3ccccc13)CC(C(=O)O)=CC2. The summed E-state index contributed by atoms with van der Waals surface area (Å²) in [4.78, 5) is 37.1. The fourth-order valence-corrected chi connectivity index (χ4v) is 5.67. The topological polar surface area (TPSA) is 108 Å². The van der Waals surface area contributed by atoms with Gasteiger partial charge in [-0.3, -0.25) is 0 Å². The summed E-state index contributed by atoms with van der Waals surface area (Å²) in [5, 5.41) is 11.5. The molecular weight excluding hydrogens is 596 g/mol. The van der Waals surface area contributed by atoms with Gasteiger partial charge in [0.25, 0.3) is 0 Å². The summed E-state index contributed by atoms with van der Waals surface area (Å²) >= 11 is 0. The first kappa shape index (κ1) is 37.4. The Labute approximate surface area is 279 Å². The van der Waals surface area contributed by atoms with Crippen molar-refractivity contribution in [1.82, 2.24) is 0 Å². The second-order valence-electron chi connectivity index (χ2n) is 12.5. The van der Waals surface area contributed by atoms with Crippen LogP contribution in [0, 0.1) is 0 Å². The summed E-state index contributed by atoms with van der Waals surface area (Å²) in [6.45, 7) is 15.3. The number of ether oxygens (including phenoxy) is 4. The summed E-state index contributed by atoms with van der Waals surface area (Å²) in [6.07, 6.45) is 10.8. The molecule has 2 atom stereocenters. The van der Waals surface area contributed by atoms with Crippen molar-refractivity contribution in [1.29, 1.82) is 0 Å². The first-order valence-corrected chi connectivity index (χ1v) is 17.0. The van der Waals surface area contributed by atoms with Crippen LogP contribution in [0.25, 0.3) is 10.8 Å². The van der Waals surface area contributed by atoms with Gasteiger partial charge in [-0.1, -0.05) is 95.9 Å². The molecule has 0 fully saturated rings. The molecule has 2 aromatic rings. The van der Waals surface area contributed by atoms with Crippen molar-refractivity contribution in [2.24, 2.45) is 0 Å². The molecule has 0 amide bonds. The molecule has 0 saturated heterocycles. The second-order valence-corrected chi connectivity index (χ2v) is 12.5. The highest BCUT2D eigenvalue weighted by Crippen LogP contribution is 2.44. The lowest BCUT2D eigenvalue weighted by molar-refractivity contribution is -0.147. The Morgan fingerprint density at radius 3 is 1.64 bits per heavy atom. The Balaban J connectivity index is 1.99. The van der Waals surface area contributed by atoms with Crippen molar-refractivity contribution in [3.05, 3.63) is 71.3 Å². The van der Waals surface area contributed by atoms with Gasteiger partial charge in [-0.15, -0.1) is 0 Å². The van der Waals surface area contributed by atoms with Gasteiger partial charge in [0, 0.05) is 45.0 Å². The predicted molar refractivity (Wildman–Crippen MR) is 185 cm³/mol. The van der Waals surface area contributed by atoms with E-state index in [9.17, 15) is 19.5 Å². The summed E-state index contributed by atoms with van der Waals surface area (Å²) in [7, 11) is 0. The lowest BCUT2D eigenvalue weighted by Gasteiger charge is -2.27. The number of hydrogen-bond acceptors (Lipinski definition) is 7. The van der Waals surface area contributed by atoms with Crippen LogP contribution in [0.2, 0.25) is 0 Å². The van der Waals surface area contributed by atoms with Crippen LogP contribution in [0.3, 0.4) is 0 Å². The Bertz CT molecular complexity index is 1450. The molecule has 0 aliphatic heterocycles. The van der Waals surface area contributed by atoms with Crippen molar-refractivity contribution < 1.29 is 38.4 Å². The molecule has 47 heavy (non-hydrogen) atoms. The van der Waals surface area contributed by atoms with Gasteiger partial charge in [-0.25, -0.2) is 14.4 Å². The van der Waals surface area contributed by atoms with Crippen LogP contribution in [-0.4, -0.2) is 48.4 Å². The molecule has 256 valence electrons. The first-order chi connectivity index (χ1) is 22.6. The normalized spacial score (nSPS) is 13.6. The summed E-state index contributed by atoms with van der Waals surface area (Å²) in [6, 6.07) is 7.70. The van der Waals surface area contributed by atoms with Gasteiger partial charge in [-0.05, 0) is 46.0 Å². The van der Waals surface area contributed by atoms with Crippen LogP contribution in [0.1, 0.15) is 103 Å². The van der Waals surface area contributed by atoms with E-state index in [4.69, 9.17) is 18.9 Å². The molecule has 2 unspecified atom stereocenters. The third kappa shape index (κ3) is 11.0. The van der Waals surface area contributed by atoms with Crippen molar-refractivity contribution in [3.63, 3.8) is 0 Å². The van der Waals surface area contributed by atoms with E-state index in [0.29, 0.717) is 41.9 Å². The number of carbonyl (C=O) groups excluding carboxylic acids is 2. The molecule has 1 aliphatic rings. The Kier molecular flexibility index (Phi) is 15.1. The summed E-state index contributed by atoms with van der Waals surface area (Å²) in [5.41, 5.74) is 2.49. The number of allylic oxidation sites excluding steroid dienone is 1. The van der Waals surface area contributed by atoms with E-state index in [-0.39, 0.29) is 25.2 Å². The maximum absolute atomic E-state index is 12.5. The number of unbranched alkanes of at least 4 members (excludes halogenated alkanes) is 6. The largest absolute Gasteiger partial charge is 0.489 e. The number of carbonyl (C=O) groups is 3. The van der Waals surface area contributed by atoms with Crippen LogP contribution >= 0.6 is 0 Å². The van der Waals surface area contributed by atoms with E-state index in [1.807, 2.05) is 24.3 Å². The number of rotatable bonds is 21. The van der Waals surface area contributed by atoms with Gasteiger partial charge in [0.1, 0.15) is 36.9 Å². The Morgan fingerprint density at radius 2 is 1.21 bits per heavy atom. The smallest absolute Gasteiger partial charge is 0.333 e. The number of esters is 2.